The van der Waals surface area contributed by atoms with Crippen LogP contribution < -0.4 is 16.0 Å². The average molecular weight is 336 g/mol. The Bertz CT molecular complexity index is 586. The first-order chi connectivity index (χ1) is 11.4. The number of carbonyl (C=O) groups excluding carboxylic acids is 2. The quantitative estimate of drug-likeness (QED) is 0.824. The van der Waals surface area contributed by atoms with Crippen LogP contribution in [0.15, 0.2) is 24.3 Å². The predicted octanol–water partition coefficient (Wildman–Crippen LogP) is 0.574. The minimum Gasteiger partial charge on any atom is -0.366 e. The van der Waals surface area contributed by atoms with E-state index in [9.17, 15) is 14.0 Å². The van der Waals surface area contributed by atoms with Crippen LogP contribution >= 0.6 is 0 Å². The summed E-state index contributed by atoms with van der Waals surface area (Å²) in [5.41, 5.74) is 6.30. The van der Waals surface area contributed by atoms with Crippen LogP contribution in [0.4, 0.5) is 10.1 Å². The minimum atomic E-state index is -0.615. The summed E-state index contributed by atoms with van der Waals surface area (Å²) in [6, 6.07) is 6.00. The van der Waals surface area contributed by atoms with Crippen molar-refractivity contribution in [1.29, 1.82) is 0 Å². The van der Waals surface area contributed by atoms with Gasteiger partial charge in [-0.2, -0.15) is 0 Å². The molecule has 2 rings (SSSR count). The molecule has 1 fully saturated rings. The predicted molar refractivity (Wildman–Crippen MR) is 91.0 cm³/mol. The molecule has 0 aliphatic carbocycles. The number of nitrogens with zero attached hydrogens (tertiary/aromatic N) is 2. The van der Waals surface area contributed by atoms with Gasteiger partial charge >= 0.3 is 0 Å². The van der Waals surface area contributed by atoms with Crippen LogP contribution in [0.3, 0.4) is 0 Å². The van der Waals surface area contributed by atoms with Crippen molar-refractivity contribution in [2.45, 2.75) is 19.9 Å². The summed E-state index contributed by atoms with van der Waals surface area (Å²) in [6.45, 7) is 5.78. The smallest absolute Gasteiger partial charge is 0.242 e. The molecule has 1 aromatic rings. The van der Waals surface area contributed by atoms with E-state index in [1.807, 2.05) is 18.7 Å². The topological polar surface area (TPSA) is 78.7 Å². The van der Waals surface area contributed by atoms with Gasteiger partial charge in [-0.3, -0.25) is 9.59 Å². The molecule has 0 radical (unpaired) electrons. The fourth-order valence-corrected chi connectivity index (χ4v) is 2.60. The first-order valence-electron chi connectivity index (χ1n) is 8.20. The average Bonchev–Trinajstić information content (AvgIpc) is 2.59. The Kier molecular flexibility index (Phi) is 6.14. The molecule has 1 aliphatic heterocycles. The zero-order chi connectivity index (χ0) is 17.7. The fraction of sp³-hybridized carbons (Fsp3) is 0.529. The van der Waals surface area contributed by atoms with E-state index in [2.05, 4.69) is 5.32 Å². The van der Waals surface area contributed by atoms with Crippen molar-refractivity contribution in [3.05, 3.63) is 30.1 Å². The molecule has 1 saturated heterocycles. The summed E-state index contributed by atoms with van der Waals surface area (Å²) in [4.78, 5) is 27.6. The third-order valence-corrected chi connectivity index (χ3v) is 4.26. The summed E-state index contributed by atoms with van der Waals surface area (Å²) in [5, 5.41) is 2.58. The molecule has 3 N–H and O–H groups in total. The first-order valence-corrected chi connectivity index (χ1v) is 8.20. The van der Waals surface area contributed by atoms with Gasteiger partial charge in [-0.05, 0) is 18.1 Å². The second-order valence-electron chi connectivity index (χ2n) is 6.31. The summed E-state index contributed by atoms with van der Waals surface area (Å²) >= 11 is 0. The summed E-state index contributed by atoms with van der Waals surface area (Å²) in [7, 11) is 0. The van der Waals surface area contributed by atoms with Crippen molar-refractivity contribution in [3.63, 3.8) is 0 Å². The van der Waals surface area contributed by atoms with Crippen LogP contribution in [0.5, 0.6) is 0 Å². The van der Waals surface area contributed by atoms with Gasteiger partial charge in [-0.1, -0.05) is 26.0 Å². The van der Waals surface area contributed by atoms with E-state index in [0.29, 0.717) is 31.9 Å². The van der Waals surface area contributed by atoms with Gasteiger partial charge in [0.25, 0.3) is 0 Å². The molecule has 0 saturated carbocycles. The van der Waals surface area contributed by atoms with Gasteiger partial charge < -0.3 is 20.9 Å². The van der Waals surface area contributed by atoms with E-state index < -0.39 is 6.04 Å². The number of halogens is 1. The van der Waals surface area contributed by atoms with E-state index in [0.717, 1.165) is 0 Å². The second kappa shape index (κ2) is 8.10. The summed E-state index contributed by atoms with van der Waals surface area (Å²) in [6.07, 6.45) is 0. The molecule has 1 atom stereocenters. The largest absolute Gasteiger partial charge is 0.366 e. The zero-order valence-electron chi connectivity index (χ0n) is 14.2. The molecule has 1 aromatic carbocycles. The van der Waals surface area contributed by atoms with Crippen molar-refractivity contribution >= 4 is 17.5 Å². The maximum absolute atomic E-state index is 13.8. The molecule has 0 bridgehead atoms. The number of nitrogens with one attached hydrogen (secondary N) is 1. The number of nitrogens with two attached hydrogens (primary N) is 1. The van der Waals surface area contributed by atoms with E-state index in [1.165, 1.54) is 6.07 Å². The van der Waals surface area contributed by atoms with Crippen LogP contribution in [0, 0.1) is 11.7 Å². The third-order valence-electron chi connectivity index (χ3n) is 4.26. The lowest BCUT2D eigenvalue weighted by Crippen LogP contribution is -2.53. The Hall–Kier alpha value is -2.15. The van der Waals surface area contributed by atoms with E-state index in [-0.39, 0.29) is 30.1 Å². The van der Waals surface area contributed by atoms with Crippen molar-refractivity contribution in [3.8, 4) is 0 Å². The van der Waals surface area contributed by atoms with Crippen LogP contribution in [0.1, 0.15) is 13.8 Å². The highest BCUT2D eigenvalue weighted by Crippen LogP contribution is 2.20. The molecule has 0 spiro atoms. The van der Waals surface area contributed by atoms with Crippen molar-refractivity contribution in [1.82, 2.24) is 10.2 Å². The lowest BCUT2D eigenvalue weighted by Gasteiger charge is -2.36. The van der Waals surface area contributed by atoms with Crippen LogP contribution in [0.25, 0.3) is 0 Å². The Morgan fingerprint density at radius 1 is 1.21 bits per heavy atom. The summed E-state index contributed by atoms with van der Waals surface area (Å²) < 4.78 is 13.8. The highest BCUT2D eigenvalue weighted by molar-refractivity contribution is 5.87. The first kappa shape index (κ1) is 18.2. The third kappa shape index (κ3) is 4.44. The Labute approximate surface area is 141 Å². The Morgan fingerprint density at radius 2 is 1.83 bits per heavy atom. The molecule has 0 aromatic heterocycles. The van der Waals surface area contributed by atoms with Crippen molar-refractivity contribution < 1.29 is 14.0 Å². The Morgan fingerprint density at radius 3 is 2.42 bits per heavy atom. The van der Waals surface area contributed by atoms with Crippen LogP contribution in [-0.4, -0.2) is 55.5 Å². The molecule has 1 aliphatic rings. The zero-order valence-corrected chi connectivity index (χ0v) is 14.2. The molecular weight excluding hydrogens is 311 g/mol. The normalized spacial score (nSPS) is 16.2. The van der Waals surface area contributed by atoms with Gasteiger partial charge in [-0.25, -0.2) is 4.39 Å². The number of hydrogen-bond donors (Lipinski definition) is 2. The minimum absolute atomic E-state index is 0.0180. The second-order valence-corrected chi connectivity index (χ2v) is 6.31. The maximum Gasteiger partial charge on any atom is 0.242 e. The number of hydrogen-bond acceptors (Lipinski definition) is 4. The standard InChI is InChI=1S/C17H25FN4O2/c1-12(2)16(19)17(24)20-11-15(23)22-9-7-21(8-10-22)14-6-4-3-5-13(14)18/h3-6,12,16H,7-11,19H2,1-2H3,(H,20,24)/t16-/m0/s1. The fourth-order valence-electron chi connectivity index (χ4n) is 2.60. The molecule has 132 valence electrons. The number of carbonyl (C=O) groups is 2. The molecule has 7 heteroatoms. The van der Waals surface area contributed by atoms with Gasteiger partial charge in [0.1, 0.15) is 5.82 Å². The van der Waals surface area contributed by atoms with Crippen molar-refractivity contribution in [2.75, 3.05) is 37.6 Å². The lowest BCUT2D eigenvalue weighted by atomic mass is 10.1. The van der Waals surface area contributed by atoms with Gasteiger partial charge in [-0.15, -0.1) is 0 Å². The number of benzene rings is 1. The number of rotatable bonds is 5. The maximum atomic E-state index is 13.8. The van der Waals surface area contributed by atoms with E-state index in [1.54, 1.807) is 23.1 Å². The summed E-state index contributed by atoms with van der Waals surface area (Å²) in [5.74, 6) is -0.701. The molecule has 0 unspecified atom stereocenters. The highest BCUT2D eigenvalue weighted by atomic mass is 19.1. The lowest BCUT2D eigenvalue weighted by molar-refractivity contribution is -0.133. The Balaban J connectivity index is 1.81. The number of amides is 2. The number of piperazine rings is 1. The molecule has 24 heavy (non-hydrogen) atoms. The van der Waals surface area contributed by atoms with Crippen LogP contribution in [-0.2, 0) is 9.59 Å². The molecule has 6 nitrogen and oxygen atoms in total. The van der Waals surface area contributed by atoms with Gasteiger partial charge in [0.2, 0.25) is 11.8 Å². The van der Waals surface area contributed by atoms with E-state index in [4.69, 9.17) is 5.73 Å². The number of para-hydroxylation sites is 1. The monoisotopic (exact) mass is 336 g/mol. The SMILES string of the molecule is CC(C)[C@H](N)C(=O)NCC(=O)N1CCN(c2ccccc2F)CC1. The van der Waals surface area contributed by atoms with Gasteiger partial charge in [0, 0.05) is 26.2 Å². The number of anilines is 1. The van der Waals surface area contributed by atoms with Gasteiger partial charge in [0.15, 0.2) is 0 Å². The van der Waals surface area contributed by atoms with Crippen LogP contribution in [0.2, 0.25) is 0 Å². The molecule has 2 amide bonds. The highest BCUT2D eigenvalue weighted by Gasteiger charge is 2.24. The van der Waals surface area contributed by atoms with Gasteiger partial charge in [0.05, 0.1) is 18.3 Å². The van der Waals surface area contributed by atoms with E-state index >= 15 is 0 Å². The van der Waals surface area contributed by atoms with Crippen molar-refractivity contribution in [2.24, 2.45) is 11.7 Å². The molecule has 1 heterocycles. The molecular formula is C17H25FN4O2.